The van der Waals surface area contributed by atoms with Crippen LogP contribution in [-0.4, -0.2) is 38.1 Å². The van der Waals surface area contributed by atoms with E-state index in [1.165, 1.54) is 18.6 Å². The lowest BCUT2D eigenvalue weighted by Crippen LogP contribution is -2.36. The van der Waals surface area contributed by atoms with Gasteiger partial charge >= 0.3 is 6.09 Å². The van der Waals surface area contributed by atoms with Crippen molar-refractivity contribution < 1.29 is 19.5 Å². The van der Waals surface area contributed by atoms with Gasteiger partial charge in [0.05, 0.1) is 11.9 Å². The highest BCUT2D eigenvalue weighted by molar-refractivity contribution is 5.67. The SMILES string of the molecule is CC(C)(C)OC(=O)N1OC(O)C[C@H]1c1cnccn1. The maximum Gasteiger partial charge on any atom is 0.435 e. The molecule has 0 aliphatic carbocycles. The summed E-state index contributed by atoms with van der Waals surface area (Å²) in [6.45, 7) is 5.28. The fraction of sp³-hybridized carbons (Fsp3) is 0.583. The Kier molecular flexibility index (Phi) is 3.68. The van der Waals surface area contributed by atoms with E-state index in [1.807, 2.05) is 0 Å². The second-order valence-corrected chi connectivity index (χ2v) is 5.25. The monoisotopic (exact) mass is 267 g/mol. The molecule has 7 heteroatoms. The summed E-state index contributed by atoms with van der Waals surface area (Å²) < 4.78 is 5.22. The summed E-state index contributed by atoms with van der Waals surface area (Å²) >= 11 is 0. The molecule has 0 bridgehead atoms. The summed E-state index contributed by atoms with van der Waals surface area (Å²) in [5.74, 6) is 0. The fourth-order valence-corrected chi connectivity index (χ4v) is 1.74. The maximum absolute atomic E-state index is 12.0. The van der Waals surface area contributed by atoms with Crippen molar-refractivity contribution in [2.24, 2.45) is 0 Å². The Hall–Kier alpha value is -1.73. The van der Waals surface area contributed by atoms with Gasteiger partial charge in [-0.05, 0) is 20.8 Å². The zero-order valence-corrected chi connectivity index (χ0v) is 11.1. The van der Waals surface area contributed by atoms with E-state index in [0.717, 1.165) is 5.06 Å². The van der Waals surface area contributed by atoms with Gasteiger partial charge in [-0.1, -0.05) is 0 Å². The highest BCUT2D eigenvalue weighted by atomic mass is 16.8. The molecule has 1 unspecified atom stereocenters. The number of aliphatic hydroxyl groups excluding tert-OH is 1. The quantitative estimate of drug-likeness (QED) is 0.828. The van der Waals surface area contributed by atoms with Gasteiger partial charge in [-0.15, -0.1) is 0 Å². The molecule has 1 N–H and O–H groups in total. The van der Waals surface area contributed by atoms with E-state index in [1.54, 1.807) is 20.8 Å². The number of aromatic nitrogens is 2. The lowest BCUT2D eigenvalue weighted by Gasteiger charge is -2.26. The van der Waals surface area contributed by atoms with Crippen LogP contribution in [0.4, 0.5) is 4.79 Å². The molecule has 7 nitrogen and oxygen atoms in total. The third kappa shape index (κ3) is 3.39. The standard InChI is InChI=1S/C12H17N3O4/c1-12(2,3)18-11(17)15-9(6-10(16)19-15)8-7-13-4-5-14-8/h4-5,7,9-10,16H,6H2,1-3H3/t9-,10?/m0/s1. The van der Waals surface area contributed by atoms with Gasteiger partial charge in [-0.25, -0.2) is 9.63 Å². The van der Waals surface area contributed by atoms with Crippen molar-refractivity contribution >= 4 is 6.09 Å². The summed E-state index contributed by atoms with van der Waals surface area (Å²) in [4.78, 5) is 25.2. The molecule has 0 spiro atoms. The molecule has 1 aromatic rings. The average Bonchev–Trinajstić information content (AvgIpc) is 2.70. The number of rotatable bonds is 1. The molecule has 0 aromatic carbocycles. The third-order valence-corrected chi connectivity index (χ3v) is 2.44. The first-order chi connectivity index (χ1) is 8.87. The van der Waals surface area contributed by atoms with Gasteiger partial charge < -0.3 is 9.84 Å². The highest BCUT2D eigenvalue weighted by Crippen LogP contribution is 2.32. The first-order valence-corrected chi connectivity index (χ1v) is 6.00. The molecule has 1 aromatic heterocycles. The second kappa shape index (κ2) is 5.10. The third-order valence-electron chi connectivity index (χ3n) is 2.44. The normalized spacial score (nSPS) is 23.5. The number of hydrogen-bond acceptors (Lipinski definition) is 6. The Labute approximate surface area is 111 Å². The summed E-state index contributed by atoms with van der Waals surface area (Å²) in [6.07, 6.45) is 3.11. The first-order valence-electron chi connectivity index (χ1n) is 6.00. The Balaban J connectivity index is 2.16. The van der Waals surface area contributed by atoms with Gasteiger partial charge in [0.25, 0.3) is 0 Å². The zero-order chi connectivity index (χ0) is 14.0. The lowest BCUT2D eigenvalue weighted by molar-refractivity contribution is -0.207. The van der Waals surface area contributed by atoms with E-state index in [4.69, 9.17) is 9.57 Å². The minimum Gasteiger partial charge on any atom is -0.442 e. The van der Waals surface area contributed by atoms with Crippen molar-refractivity contribution in [1.29, 1.82) is 0 Å². The molecule has 19 heavy (non-hydrogen) atoms. The molecule has 1 saturated heterocycles. The topological polar surface area (TPSA) is 84.8 Å². The second-order valence-electron chi connectivity index (χ2n) is 5.25. The van der Waals surface area contributed by atoms with Crippen LogP contribution in [0, 0.1) is 0 Å². The lowest BCUT2D eigenvalue weighted by atomic mass is 10.1. The Morgan fingerprint density at radius 2 is 2.26 bits per heavy atom. The molecule has 1 fully saturated rings. The molecule has 104 valence electrons. The van der Waals surface area contributed by atoms with E-state index < -0.39 is 24.0 Å². The van der Waals surface area contributed by atoms with Crippen molar-refractivity contribution in [2.75, 3.05) is 0 Å². The van der Waals surface area contributed by atoms with Crippen LogP contribution in [-0.2, 0) is 9.57 Å². The van der Waals surface area contributed by atoms with Crippen molar-refractivity contribution in [3.8, 4) is 0 Å². The fourth-order valence-electron chi connectivity index (χ4n) is 1.74. The Morgan fingerprint density at radius 3 is 2.84 bits per heavy atom. The van der Waals surface area contributed by atoms with Crippen LogP contribution in [0.5, 0.6) is 0 Å². The maximum atomic E-state index is 12.0. The molecule has 1 amide bonds. The number of carbonyl (C=O) groups excluding carboxylic acids is 1. The largest absolute Gasteiger partial charge is 0.442 e. The predicted molar refractivity (Wildman–Crippen MR) is 64.6 cm³/mol. The molecule has 0 saturated carbocycles. The predicted octanol–water partition coefficient (Wildman–Crippen LogP) is 1.41. The van der Waals surface area contributed by atoms with Crippen molar-refractivity contribution in [1.82, 2.24) is 15.0 Å². The summed E-state index contributed by atoms with van der Waals surface area (Å²) in [5, 5.41) is 10.6. The van der Waals surface area contributed by atoms with Crippen molar-refractivity contribution in [2.45, 2.75) is 45.1 Å². The number of hydrogen-bond donors (Lipinski definition) is 1. The minimum atomic E-state index is -1.06. The number of aliphatic hydroxyl groups is 1. The van der Waals surface area contributed by atoms with Gasteiger partial charge in [-0.3, -0.25) is 9.97 Å². The van der Waals surface area contributed by atoms with Gasteiger partial charge in [0.2, 0.25) is 0 Å². The number of hydroxylamine groups is 2. The first kappa shape index (κ1) is 13.7. The van der Waals surface area contributed by atoms with Gasteiger partial charge in [-0.2, -0.15) is 5.06 Å². The van der Waals surface area contributed by atoms with E-state index >= 15 is 0 Å². The molecule has 1 aliphatic rings. The van der Waals surface area contributed by atoms with Crippen LogP contribution in [0.1, 0.15) is 38.9 Å². The van der Waals surface area contributed by atoms with Crippen LogP contribution < -0.4 is 0 Å². The van der Waals surface area contributed by atoms with Crippen molar-refractivity contribution in [3.63, 3.8) is 0 Å². The molecule has 1 aliphatic heterocycles. The molecule has 2 atom stereocenters. The van der Waals surface area contributed by atoms with E-state index in [2.05, 4.69) is 9.97 Å². The zero-order valence-electron chi connectivity index (χ0n) is 11.1. The molecule has 2 heterocycles. The van der Waals surface area contributed by atoms with Gasteiger partial charge in [0.15, 0.2) is 6.29 Å². The van der Waals surface area contributed by atoms with Crippen LogP contribution >= 0.6 is 0 Å². The minimum absolute atomic E-state index is 0.234. The van der Waals surface area contributed by atoms with Crippen LogP contribution in [0.25, 0.3) is 0 Å². The van der Waals surface area contributed by atoms with Gasteiger partial charge in [0.1, 0.15) is 11.6 Å². The highest BCUT2D eigenvalue weighted by Gasteiger charge is 2.40. The number of nitrogens with zero attached hydrogens (tertiary/aromatic N) is 3. The van der Waals surface area contributed by atoms with Crippen LogP contribution in [0.2, 0.25) is 0 Å². The molecular weight excluding hydrogens is 250 g/mol. The molecular formula is C12H17N3O4. The average molecular weight is 267 g/mol. The summed E-state index contributed by atoms with van der Waals surface area (Å²) in [7, 11) is 0. The molecule has 0 radical (unpaired) electrons. The number of carbonyl (C=O) groups is 1. The number of ether oxygens (including phenoxy) is 1. The smallest absolute Gasteiger partial charge is 0.435 e. The van der Waals surface area contributed by atoms with Crippen LogP contribution in [0.3, 0.4) is 0 Å². The summed E-state index contributed by atoms with van der Waals surface area (Å²) in [6, 6.07) is -0.501. The van der Waals surface area contributed by atoms with E-state index in [0.29, 0.717) is 5.69 Å². The van der Waals surface area contributed by atoms with Crippen LogP contribution in [0.15, 0.2) is 18.6 Å². The van der Waals surface area contributed by atoms with Gasteiger partial charge in [0, 0.05) is 18.8 Å². The number of amides is 1. The summed E-state index contributed by atoms with van der Waals surface area (Å²) in [5.41, 5.74) is -0.0918. The Morgan fingerprint density at radius 1 is 1.53 bits per heavy atom. The molecule has 2 rings (SSSR count). The van der Waals surface area contributed by atoms with E-state index in [9.17, 15) is 9.90 Å². The van der Waals surface area contributed by atoms with Crippen molar-refractivity contribution in [3.05, 3.63) is 24.3 Å². The Bertz CT molecular complexity index is 446. The van der Waals surface area contributed by atoms with E-state index in [-0.39, 0.29) is 6.42 Å².